The molecule has 1 aliphatic carbocycles. The number of thioether (sulfide) groups is 1. The van der Waals surface area contributed by atoms with E-state index in [1.807, 2.05) is 30.5 Å². The molecule has 1 amide bonds. The second kappa shape index (κ2) is 6.48. The summed E-state index contributed by atoms with van der Waals surface area (Å²) in [6, 6.07) is 7.80. The number of benzene rings is 1. The summed E-state index contributed by atoms with van der Waals surface area (Å²) >= 11 is 7.86. The van der Waals surface area contributed by atoms with Gasteiger partial charge in [0.2, 0.25) is 0 Å². The molecule has 1 fully saturated rings. The highest BCUT2D eigenvalue weighted by Gasteiger charge is 2.25. The van der Waals surface area contributed by atoms with Gasteiger partial charge in [0.05, 0.1) is 10.9 Å². The molecule has 0 radical (unpaired) electrons. The van der Waals surface area contributed by atoms with Crippen LogP contribution < -0.4 is 5.32 Å². The highest BCUT2D eigenvalue weighted by molar-refractivity contribution is 7.98. The molecule has 1 saturated carbocycles. The molecule has 1 N–H and O–H groups in total. The molecule has 0 aromatic heterocycles. The first-order valence-corrected chi connectivity index (χ1v) is 7.96. The van der Waals surface area contributed by atoms with E-state index in [-0.39, 0.29) is 17.3 Å². The standard InChI is InChI=1S/C14H18ClNOS/c1-18-13-9-5-2-6-10(13)14(17)16-12-8-4-3-7-11(12)15/h2,5-6,9,11-12H,3-4,7-8H2,1H3,(H,16,17). The number of alkyl halides is 1. The van der Waals surface area contributed by atoms with Crippen molar-refractivity contribution in [3.63, 3.8) is 0 Å². The van der Waals surface area contributed by atoms with Crippen LogP contribution in [0.3, 0.4) is 0 Å². The Balaban J connectivity index is 2.07. The van der Waals surface area contributed by atoms with Crippen molar-refractivity contribution in [1.29, 1.82) is 0 Å². The summed E-state index contributed by atoms with van der Waals surface area (Å²) in [6.45, 7) is 0. The van der Waals surface area contributed by atoms with Crippen molar-refractivity contribution in [2.24, 2.45) is 0 Å². The van der Waals surface area contributed by atoms with Crippen molar-refractivity contribution in [1.82, 2.24) is 5.32 Å². The van der Waals surface area contributed by atoms with Crippen LogP contribution in [0, 0.1) is 0 Å². The number of hydrogen-bond donors (Lipinski definition) is 1. The first-order valence-electron chi connectivity index (χ1n) is 6.30. The van der Waals surface area contributed by atoms with Gasteiger partial charge in [-0.05, 0) is 31.2 Å². The van der Waals surface area contributed by atoms with Crippen LogP contribution >= 0.6 is 23.4 Å². The largest absolute Gasteiger partial charge is 0.348 e. The zero-order valence-electron chi connectivity index (χ0n) is 10.5. The van der Waals surface area contributed by atoms with Crippen LogP contribution in [0.25, 0.3) is 0 Å². The lowest BCUT2D eigenvalue weighted by atomic mass is 9.94. The molecule has 0 aliphatic heterocycles. The van der Waals surface area contributed by atoms with Gasteiger partial charge < -0.3 is 5.32 Å². The predicted octanol–water partition coefficient (Wildman–Crippen LogP) is 3.69. The van der Waals surface area contributed by atoms with Gasteiger partial charge in [0.15, 0.2) is 0 Å². The second-order valence-corrected chi connectivity index (χ2v) is 5.99. The van der Waals surface area contributed by atoms with Gasteiger partial charge in [0.1, 0.15) is 0 Å². The van der Waals surface area contributed by atoms with Gasteiger partial charge >= 0.3 is 0 Å². The summed E-state index contributed by atoms with van der Waals surface area (Å²) < 4.78 is 0. The Labute approximate surface area is 117 Å². The quantitative estimate of drug-likeness (QED) is 0.677. The Bertz CT molecular complexity index is 424. The minimum absolute atomic E-state index is 0.00231. The third-order valence-corrected chi connectivity index (χ3v) is 4.67. The average molecular weight is 284 g/mol. The molecule has 2 atom stereocenters. The lowest BCUT2D eigenvalue weighted by Gasteiger charge is -2.28. The van der Waals surface area contributed by atoms with E-state index in [1.165, 1.54) is 6.42 Å². The van der Waals surface area contributed by atoms with Crippen LogP contribution in [0.1, 0.15) is 36.0 Å². The molecule has 2 rings (SSSR count). The summed E-state index contributed by atoms with van der Waals surface area (Å²) in [6.07, 6.45) is 6.29. The fraction of sp³-hybridized carbons (Fsp3) is 0.500. The lowest BCUT2D eigenvalue weighted by molar-refractivity contribution is 0.0925. The fourth-order valence-corrected chi connectivity index (χ4v) is 3.27. The molecule has 1 aliphatic rings. The Morgan fingerprint density at radius 2 is 2.06 bits per heavy atom. The highest BCUT2D eigenvalue weighted by atomic mass is 35.5. The molecule has 98 valence electrons. The zero-order valence-corrected chi connectivity index (χ0v) is 12.1. The first-order chi connectivity index (χ1) is 8.72. The van der Waals surface area contributed by atoms with Crippen molar-refractivity contribution in [3.8, 4) is 0 Å². The molecule has 1 aromatic rings. The van der Waals surface area contributed by atoms with E-state index in [4.69, 9.17) is 11.6 Å². The van der Waals surface area contributed by atoms with Gasteiger partial charge in [-0.2, -0.15) is 0 Å². The van der Waals surface area contributed by atoms with E-state index < -0.39 is 0 Å². The van der Waals surface area contributed by atoms with Crippen molar-refractivity contribution < 1.29 is 4.79 Å². The maximum Gasteiger partial charge on any atom is 0.252 e. The highest BCUT2D eigenvalue weighted by Crippen LogP contribution is 2.24. The van der Waals surface area contributed by atoms with E-state index in [1.54, 1.807) is 11.8 Å². The van der Waals surface area contributed by atoms with Crippen LogP contribution in [-0.2, 0) is 0 Å². The number of carbonyl (C=O) groups is 1. The molecule has 0 heterocycles. The molecule has 18 heavy (non-hydrogen) atoms. The SMILES string of the molecule is CSc1ccccc1C(=O)NC1CCCCC1Cl. The second-order valence-electron chi connectivity index (χ2n) is 4.58. The molecular weight excluding hydrogens is 266 g/mol. The van der Waals surface area contributed by atoms with E-state index >= 15 is 0 Å². The van der Waals surface area contributed by atoms with Crippen molar-refractivity contribution >= 4 is 29.3 Å². The summed E-state index contributed by atoms with van der Waals surface area (Å²) in [5.41, 5.74) is 0.749. The number of hydrogen-bond acceptors (Lipinski definition) is 2. The van der Waals surface area contributed by atoms with E-state index in [0.29, 0.717) is 0 Å². The lowest BCUT2D eigenvalue weighted by Crippen LogP contribution is -2.42. The molecule has 2 unspecified atom stereocenters. The maximum atomic E-state index is 12.3. The van der Waals surface area contributed by atoms with Crippen LogP contribution in [0.2, 0.25) is 0 Å². The summed E-state index contributed by atoms with van der Waals surface area (Å²) in [5, 5.41) is 3.15. The Morgan fingerprint density at radius 3 is 2.78 bits per heavy atom. The summed E-state index contributed by atoms with van der Waals surface area (Å²) in [5.74, 6) is -0.00231. The smallest absolute Gasteiger partial charge is 0.252 e. The summed E-state index contributed by atoms with van der Waals surface area (Å²) in [4.78, 5) is 13.3. The van der Waals surface area contributed by atoms with Gasteiger partial charge in [0.25, 0.3) is 5.91 Å². The molecular formula is C14H18ClNOS. The van der Waals surface area contributed by atoms with Gasteiger partial charge in [-0.1, -0.05) is 25.0 Å². The predicted molar refractivity (Wildman–Crippen MR) is 77.6 cm³/mol. The topological polar surface area (TPSA) is 29.1 Å². The number of rotatable bonds is 3. The molecule has 1 aromatic carbocycles. The maximum absolute atomic E-state index is 12.3. The number of carbonyl (C=O) groups excluding carboxylic acids is 1. The van der Waals surface area contributed by atoms with Crippen LogP contribution in [0.5, 0.6) is 0 Å². The van der Waals surface area contributed by atoms with Gasteiger partial charge in [-0.25, -0.2) is 0 Å². The molecule has 0 saturated heterocycles. The molecule has 4 heteroatoms. The monoisotopic (exact) mass is 283 g/mol. The van der Waals surface area contributed by atoms with Crippen LogP contribution in [-0.4, -0.2) is 23.6 Å². The third kappa shape index (κ3) is 3.21. The van der Waals surface area contributed by atoms with E-state index in [2.05, 4.69) is 5.32 Å². The zero-order chi connectivity index (χ0) is 13.0. The van der Waals surface area contributed by atoms with Crippen molar-refractivity contribution in [2.45, 2.75) is 42.0 Å². The molecule has 2 nitrogen and oxygen atoms in total. The van der Waals surface area contributed by atoms with Crippen LogP contribution in [0.15, 0.2) is 29.2 Å². The summed E-state index contributed by atoms with van der Waals surface area (Å²) in [7, 11) is 0. The Kier molecular flexibility index (Phi) is 4.95. The minimum atomic E-state index is -0.00231. The third-order valence-electron chi connectivity index (χ3n) is 3.35. The van der Waals surface area contributed by atoms with Crippen molar-refractivity contribution in [3.05, 3.63) is 29.8 Å². The van der Waals surface area contributed by atoms with Gasteiger partial charge in [-0.3, -0.25) is 4.79 Å². The van der Waals surface area contributed by atoms with E-state index in [9.17, 15) is 4.79 Å². The minimum Gasteiger partial charge on any atom is -0.348 e. The Morgan fingerprint density at radius 1 is 1.33 bits per heavy atom. The van der Waals surface area contributed by atoms with Gasteiger partial charge in [-0.15, -0.1) is 23.4 Å². The number of nitrogens with one attached hydrogen (secondary N) is 1. The van der Waals surface area contributed by atoms with E-state index in [0.717, 1.165) is 29.7 Å². The Hall–Kier alpha value is -0.670. The molecule has 0 bridgehead atoms. The van der Waals surface area contributed by atoms with Crippen LogP contribution in [0.4, 0.5) is 0 Å². The fourth-order valence-electron chi connectivity index (χ4n) is 2.33. The first kappa shape index (κ1) is 13.8. The van der Waals surface area contributed by atoms with Crippen molar-refractivity contribution in [2.75, 3.05) is 6.26 Å². The normalized spacial score (nSPS) is 23.7. The number of amides is 1. The van der Waals surface area contributed by atoms with Gasteiger partial charge in [0, 0.05) is 10.9 Å². The average Bonchev–Trinajstić information content (AvgIpc) is 2.41. The number of halogens is 1. The molecule has 0 spiro atoms.